The van der Waals surface area contributed by atoms with Crippen molar-refractivity contribution in [2.75, 3.05) is 6.61 Å². The molecular formula is C16H21NO2. The average Bonchev–Trinajstić information content (AvgIpc) is 3.22. The van der Waals surface area contributed by atoms with E-state index in [1.807, 2.05) is 37.3 Å². The second-order valence-electron chi connectivity index (χ2n) is 4.97. The summed E-state index contributed by atoms with van der Waals surface area (Å²) in [5.74, 6) is 1.52. The topological polar surface area (TPSA) is 38.3 Å². The number of carbonyl (C=O) groups is 1. The van der Waals surface area contributed by atoms with Crippen LogP contribution in [0.3, 0.4) is 0 Å². The normalized spacial score (nSPS) is 16.3. The molecule has 0 spiro atoms. The molecule has 1 N–H and O–H groups in total. The number of hydrogen-bond donors (Lipinski definition) is 1. The molecule has 1 aliphatic rings. The maximum Gasteiger partial charge on any atom is 0.244 e. The second kappa shape index (κ2) is 6.41. The Bertz CT molecular complexity index is 446. The number of hydrogen-bond acceptors (Lipinski definition) is 2. The fraction of sp³-hybridized carbons (Fsp3) is 0.438. The summed E-state index contributed by atoms with van der Waals surface area (Å²) in [5.41, 5.74) is 0.998. The van der Waals surface area contributed by atoms with Crippen LogP contribution in [0.25, 0.3) is 6.08 Å². The third-order valence-electron chi connectivity index (χ3n) is 3.32. The number of amides is 1. The lowest BCUT2D eigenvalue weighted by molar-refractivity contribution is -0.117. The Labute approximate surface area is 114 Å². The van der Waals surface area contributed by atoms with Crippen LogP contribution in [0, 0.1) is 5.92 Å². The predicted octanol–water partition coefficient (Wildman–Crippen LogP) is 3.01. The van der Waals surface area contributed by atoms with Crippen molar-refractivity contribution in [3.8, 4) is 5.75 Å². The third-order valence-corrected chi connectivity index (χ3v) is 3.32. The fourth-order valence-corrected chi connectivity index (χ4v) is 2.00. The summed E-state index contributed by atoms with van der Waals surface area (Å²) in [5, 5.41) is 2.99. The van der Waals surface area contributed by atoms with Gasteiger partial charge in [0.1, 0.15) is 5.75 Å². The molecule has 0 aromatic heterocycles. The Balaban J connectivity index is 1.84. The van der Waals surface area contributed by atoms with Gasteiger partial charge in [-0.1, -0.05) is 12.1 Å². The summed E-state index contributed by atoms with van der Waals surface area (Å²) in [6.45, 7) is 4.69. The number of ether oxygens (including phenoxy) is 1. The predicted molar refractivity (Wildman–Crippen MR) is 77.0 cm³/mol. The molecule has 3 nitrogen and oxygen atoms in total. The molecule has 2 rings (SSSR count). The van der Waals surface area contributed by atoms with E-state index in [0.717, 1.165) is 11.3 Å². The van der Waals surface area contributed by atoms with E-state index in [0.29, 0.717) is 12.5 Å². The Morgan fingerprint density at radius 3 is 2.68 bits per heavy atom. The summed E-state index contributed by atoms with van der Waals surface area (Å²) in [6, 6.07) is 8.00. The number of nitrogens with one attached hydrogen (secondary N) is 1. The lowest BCUT2D eigenvalue weighted by Crippen LogP contribution is -2.32. The summed E-state index contributed by atoms with van der Waals surface area (Å²) in [7, 11) is 0. The van der Waals surface area contributed by atoms with Gasteiger partial charge in [0.2, 0.25) is 5.91 Å². The van der Waals surface area contributed by atoms with E-state index < -0.39 is 0 Å². The van der Waals surface area contributed by atoms with Crippen molar-refractivity contribution in [3.05, 3.63) is 35.9 Å². The molecule has 1 atom stereocenters. The molecular weight excluding hydrogens is 238 g/mol. The Morgan fingerprint density at radius 1 is 1.42 bits per heavy atom. The first kappa shape index (κ1) is 13.7. The van der Waals surface area contributed by atoms with Crippen LogP contribution in [0.1, 0.15) is 32.3 Å². The molecule has 3 heteroatoms. The molecule has 19 heavy (non-hydrogen) atoms. The standard InChI is InChI=1S/C16H21NO2/c1-3-19-15-9-4-13(5-10-15)6-11-16(18)17-12(2)14-7-8-14/h4-6,9-12,14H,3,7-8H2,1-2H3,(H,17,18). The van der Waals surface area contributed by atoms with Crippen LogP contribution in [0.4, 0.5) is 0 Å². The summed E-state index contributed by atoms with van der Waals surface area (Å²) < 4.78 is 5.37. The Hall–Kier alpha value is -1.77. The van der Waals surface area contributed by atoms with E-state index in [4.69, 9.17) is 4.74 Å². The van der Waals surface area contributed by atoms with Gasteiger partial charge in [0.25, 0.3) is 0 Å². The molecule has 1 aromatic rings. The zero-order valence-electron chi connectivity index (χ0n) is 11.6. The Morgan fingerprint density at radius 2 is 2.11 bits per heavy atom. The molecule has 0 bridgehead atoms. The zero-order valence-corrected chi connectivity index (χ0v) is 11.6. The summed E-state index contributed by atoms with van der Waals surface area (Å²) >= 11 is 0. The first-order chi connectivity index (χ1) is 9.19. The van der Waals surface area contributed by atoms with Gasteiger partial charge >= 0.3 is 0 Å². The molecule has 1 saturated carbocycles. The highest BCUT2D eigenvalue weighted by Crippen LogP contribution is 2.32. The van der Waals surface area contributed by atoms with Gasteiger partial charge in [0.05, 0.1) is 6.61 Å². The quantitative estimate of drug-likeness (QED) is 0.797. The van der Waals surface area contributed by atoms with Gasteiger partial charge in [0.15, 0.2) is 0 Å². The van der Waals surface area contributed by atoms with Gasteiger partial charge in [-0.3, -0.25) is 4.79 Å². The average molecular weight is 259 g/mol. The van der Waals surface area contributed by atoms with E-state index in [1.165, 1.54) is 12.8 Å². The molecule has 0 radical (unpaired) electrons. The largest absolute Gasteiger partial charge is 0.494 e. The molecule has 0 aliphatic heterocycles. The van der Waals surface area contributed by atoms with Crippen LogP contribution < -0.4 is 10.1 Å². The van der Waals surface area contributed by atoms with Crippen LogP contribution >= 0.6 is 0 Å². The van der Waals surface area contributed by atoms with E-state index in [2.05, 4.69) is 12.2 Å². The fourth-order valence-electron chi connectivity index (χ4n) is 2.00. The first-order valence-electron chi connectivity index (χ1n) is 6.90. The van der Waals surface area contributed by atoms with Gasteiger partial charge in [-0.15, -0.1) is 0 Å². The lowest BCUT2D eigenvalue weighted by atomic mass is 10.2. The van der Waals surface area contributed by atoms with Crippen molar-refractivity contribution >= 4 is 12.0 Å². The number of benzene rings is 1. The molecule has 0 heterocycles. The van der Waals surface area contributed by atoms with Crippen molar-refractivity contribution in [2.45, 2.75) is 32.7 Å². The third kappa shape index (κ3) is 4.43. The van der Waals surface area contributed by atoms with Gasteiger partial charge < -0.3 is 10.1 Å². The highest BCUT2D eigenvalue weighted by molar-refractivity contribution is 5.91. The van der Waals surface area contributed by atoms with Crippen LogP contribution in [0.5, 0.6) is 5.75 Å². The Kier molecular flexibility index (Phi) is 4.61. The van der Waals surface area contributed by atoms with E-state index in [-0.39, 0.29) is 11.9 Å². The smallest absolute Gasteiger partial charge is 0.244 e. The van der Waals surface area contributed by atoms with Crippen LogP contribution in [0.15, 0.2) is 30.3 Å². The van der Waals surface area contributed by atoms with E-state index >= 15 is 0 Å². The van der Waals surface area contributed by atoms with Crippen molar-refractivity contribution < 1.29 is 9.53 Å². The lowest BCUT2D eigenvalue weighted by Gasteiger charge is -2.10. The van der Waals surface area contributed by atoms with Gasteiger partial charge in [-0.25, -0.2) is 0 Å². The highest BCUT2D eigenvalue weighted by atomic mass is 16.5. The number of carbonyl (C=O) groups excluding carboxylic acids is 1. The van der Waals surface area contributed by atoms with Crippen molar-refractivity contribution in [1.29, 1.82) is 0 Å². The van der Waals surface area contributed by atoms with Crippen LogP contribution in [-0.2, 0) is 4.79 Å². The minimum atomic E-state index is -0.0201. The maximum absolute atomic E-state index is 11.7. The van der Waals surface area contributed by atoms with Gasteiger partial charge in [0, 0.05) is 12.1 Å². The van der Waals surface area contributed by atoms with Crippen LogP contribution in [0.2, 0.25) is 0 Å². The molecule has 1 fully saturated rings. The summed E-state index contributed by atoms with van der Waals surface area (Å²) in [4.78, 5) is 11.7. The van der Waals surface area contributed by atoms with E-state index in [1.54, 1.807) is 6.08 Å². The maximum atomic E-state index is 11.7. The van der Waals surface area contributed by atoms with Gasteiger partial charge in [-0.05, 0) is 56.4 Å². The molecule has 0 saturated heterocycles. The first-order valence-corrected chi connectivity index (χ1v) is 6.90. The monoisotopic (exact) mass is 259 g/mol. The second-order valence-corrected chi connectivity index (χ2v) is 4.97. The van der Waals surface area contributed by atoms with Crippen LogP contribution in [-0.4, -0.2) is 18.6 Å². The summed E-state index contributed by atoms with van der Waals surface area (Å²) in [6.07, 6.45) is 5.90. The number of rotatable bonds is 6. The van der Waals surface area contributed by atoms with Crippen molar-refractivity contribution in [2.24, 2.45) is 5.92 Å². The molecule has 1 aromatic carbocycles. The van der Waals surface area contributed by atoms with Crippen molar-refractivity contribution in [1.82, 2.24) is 5.32 Å². The minimum absolute atomic E-state index is 0.0201. The highest BCUT2D eigenvalue weighted by Gasteiger charge is 2.28. The molecule has 102 valence electrons. The molecule has 1 unspecified atom stereocenters. The van der Waals surface area contributed by atoms with E-state index in [9.17, 15) is 4.79 Å². The minimum Gasteiger partial charge on any atom is -0.494 e. The molecule has 1 amide bonds. The van der Waals surface area contributed by atoms with Gasteiger partial charge in [-0.2, -0.15) is 0 Å². The zero-order chi connectivity index (χ0) is 13.7. The van der Waals surface area contributed by atoms with Crippen molar-refractivity contribution in [3.63, 3.8) is 0 Å². The molecule has 1 aliphatic carbocycles. The SMILES string of the molecule is CCOc1ccc(C=CC(=O)NC(C)C2CC2)cc1.